The lowest BCUT2D eigenvalue weighted by Crippen LogP contribution is -2.17. The maximum Gasteiger partial charge on any atom is 0.573 e. The SMILES string of the molecule is Cc1c(C(N)=O)c(-c2cccc(OC(F)(F)F)c2)c(C)n1CCc1cccs1. The molecule has 0 aliphatic carbocycles. The highest BCUT2D eigenvalue weighted by molar-refractivity contribution is 7.09. The number of hydrogen-bond donors (Lipinski definition) is 1. The summed E-state index contributed by atoms with van der Waals surface area (Å²) in [6, 6.07) is 9.59. The Morgan fingerprint density at radius 2 is 1.93 bits per heavy atom. The Bertz CT molecular complexity index is 992. The van der Waals surface area contributed by atoms with E-state index in [0.29, 0.717) is 28.9 Å². The number of aryl methyl sites for hydroxylation is 1. The number of alkyl halides is 3. The minimum absolute atomic E-state index is 0.313. The van der Waals surface area contributed by atoms with Gasteiger partial charge in [0.25, 0.3) is 5.91 Å². The Morgan fingerprint density at radius 1 is 1.18 bits per heavy atom. The molecule has 1 amide bonds. The first kappa shape index (κ1) is 20.0. The molecule has 3 aromatic rings. The van der Waals surface area contributed by atoms with Crippen LogP contribution in [0.15, 0.2) is 41.8 Å². The molecule has 1 aromatic carbocycles. The Hall–Kier alpha value is -2.74. The molecule has 0 atom stereocenters. The summed E-state index contributed by atoms with van der Waals surface area (Å²) in [5, 5.41) is 2.00. The molecule has 0 saturated heterocycles. The Balaban J connectivity index is 2.04. The third-order valence-electron chi connectivity index (χ3n) is 4.55. The molecule has 0 aliphatic heterocycles. The fraction of sp³-hybridized carbons (Fsp3) is 0.250. The molecule has 0 aliphatic rings. The van der Waals surface area contributed by atoms with Gasteiger partial charge in [-0.25, -0.2) is 0 Å². The number of halogens is 3. The summed E-state index contributed by atoms with van der Waals surface area (Å²) in [4.78, 5) is 13.3. The van der Waals surface area contributed by atoms with E-state index >= 15 is 0 Å². The summed E-state index contributed by atoms with van der Waals surface area (Å²) in [5.74, 6) is -0.962. The van der Waals surface area contributed by atoms with Gasteiger partial charge in [0.05, 0.1) is 5.56 Å². The zero-order valence-corrected chi connectivity index (χ0v) is 16.2. The van der Waals surface area contributed by atoms with Crippen molar-refractivity contribution in [2.75, 3.05) is 0 Å². The molecule has 3 rings (SSSR count). The fourth-order valence-corrected chi connectivity index (χ4v) is 4.10. The first-order chi connectivity index (χ1) is 13.2. The maximum atomic E-state index is 12.6. The predicted octanol–water partition coefficient (Wildman–Crippen LogP) is 5.07. The van der Waals surface area contributed by atoms with Crippen molar-refractivity contribution in [2.24, 2.45) is 5.73 Å². The molecule has 0 unspecified atom stereocenters. The van der Waals surface area contributed by atoms with Crippen molar-refractivity contribution in [3.8, 4) is 16.9 Å². The summed E-state index contributed by atoms with van der Waals surface area (Å²) >= 11 is 1.65. The van der Waals surface area contributed by atoms with E-state index < -0.39 is 12.3 Å². The number of rotatable bonds is 6. The molecule has 28 heavy (non-hydrogen) atoms. The van der Waals surface area contributed by atoms with E-state index in [1.807, 2.05) is 29.0 Å². The van der Waals surface area contributed by atoms with Crippen molar-refractivity contribution in [2.45, 2.75) is 33.2 Å². The lowest BCUT2D eigenvalue weighted by Gasteiger charge is -2.11. The van der Waals surface area contributed by atoms with Gasteiger partial charge in [-0.3, -0.25) is 4.79 Å². The second kappa shape index (κ2) is 7.71. The molecule has 0 saturated carbocycles. The minimum atomic E-state index is -4.79. The quantitative estimate of drug-likeness (QED) is 0.619. The van der Waals surface area contributed by atoms with E-state index in [1.54, 1.807) is 24.3 Å². The van der Waals surface area contributed by atoms with Gasteiger partial charge in [0.1, 0.15) is 5.75 Å². The van der Waals surface area contributed by atoms with Crippen LogP contribution in [0.3, 0.4) is 0 Å². The number of nitrogens with two attached hydrogens (primary N) is 1. The van der Waals surface area contributed by atoms with Crippen LogP contribution in [-0.4, -0.2) is 16.8 Å². The summed E-state index contributed by atoms with van der Waals surface area (Å²) in [6.07, 6.45) is -4.01. The van der Waals surface area contributed by atoms with Crippen LogP contribution in [0.5, 0.6) is 5.75 Å². The van der Waals surface area contributed by atoms with E-state index in [1.165, 1.54) is 23.1 Å². The highest BCUT2D eigenvalue weighted by Gasteiger charge is 2.31. The van der Waals surface area contributed by atoms with Crippen molar-refractivity contribution in [3.05, 3.63) is 63.6 Å². The Kier molecular flexibility index (Phi) is 5.51. The van der Waals surface area contributed by atoms with Crippen molar-refractivity contribution in [1.29, 1.82) is 0 Å². The van der Waals surface area contributed by atoms with E-state index in [0.717, 1.165) is 12.1 Å². The number of primary amides is 1. The molecule has 2 N–H and O–H groups in total. The van der Waals surface area contributed by atoms with Crippen LogP contribution in [-0.2, 0) is 13.0 Å². The highest BCUT2D eigenvalue weighted by Crippen LogP contribution is 2.35. The number of ether oxygens (including phenoxy) is 1. The van der Waals surface area contributed by atoms with Crippen molar-refractivity contribution in [1.82, 2.24) is 4.57 Å². The topological polar surface area (TPSA) is 57.3 Å². The van der Waals surface area contributed by atoms with Crippen LogP contribution in [0.2, 0.25) is 0 Å². The van der Waals surface area contributed by atoms with Gasteiger partial charge in [0.2, 0.25) is 0 Å². The van der Waals surface area contributed by atoms with Crippen LogP contribution in [0.25, 0.3) is 11.1 Å². The lowest BCUT2D eigenvalue weighted by molar-refractivity contribution is -0.274. The van der Waals surface area contributed by atoms with Gasteiger partial charge in [-0.1, -0.05) is 18.2 Å². The van der Waals surface area contributed by atoms with E-state index in [9.17, 15) is 18.0 Å². The van der Waals surface area contributed by atoms with Crippen molar-refractivity contribution < 1.29 is 22.7 Å². The van der Waals surface area contributed by atoms with Crippen LogP contribution < -0.4 is 10.5 Å². The molecule has 2 heterocycles. The second-order valence-corrected chi connectivity index (χ2v) is 7.37. The van der Waals surface area contributed by atoms with E-state index in [-0.39, 0.29) is 5.75 Å². The van der Waals surface area contributed by atoms with Gasteiger partial charge < -0.3 is 15.0 Å². The van der Waals surface area contributed by atoms with Gasteiger partial charge in [-0.05, 0) is 49.4 Å². The molecular weight excluding hydrogens is 389 g/mol. The average molecular weight is 408 g/mol. The van der Waals surface area contributed by atoms with Gasteiger partial charge in [0.15, 0.2) is 0 Å². The normalized spacial score (nSPS) is 11.6. The van der Waals surface area contributed by atoms with Crippen molar-refractivity contribution >= 4 is 17.2 Å². The first-order valence-corrected chi connectivity index (χ1v) is 9.43. The molecule has 0 radical (unpaired) electrons. The van der Waals surface area contributed by atoms with Gasteiger partial charge in [-0.2, -0.15) is 0 Å². The number of nitrogens with zero attached hydrogens (tertiary/aromatic N) is 1. The smallest absolute Gasteiger partial charge is 0.406 e. The summed E-state index contributed by atoms with van der Waals surface area (Å²) in [7, 11) is 0. The summed E-state index contributed by atoms with van der Waals surface area (Å²) in [5.41, 5.74) is 8.36. The number of amides is 1. The van der Waals surface area contributed by atoms with E-state index in [4.69, 9.17) is 5.73 Å². The molecule has 0 spiro atoms. The van der Waals surface area contributed by atoms with Gasteiger partial charge in [-0.15, -0.1) is 24.5 Å². The number of aromatic nitrogens is 1. The molecule has 4 nitrogen and oxygen atoms in total. The van der Waals surface area contributed by atoms with Gasteiger partial charge in [0, 0.05) is 28.4 Å². The van der Waals surface area contributed by atoms with Crippen LogP contribution in [0.4, 0.5) is 13.2 Å². The third-order valence-corrected chi connectivity index (χ3v) is 5.48. The Labute approximate surface area is 164 Å². The van der Waals surface area contributed by atoms with Crippen LogP contribution in [0, 0.1) is 13.8 Å². The maximum absolute atomic E-state index is 12.6. The largest absolute Gasteiger partial charge is 0.573 e. The zero-order chi connectivity index (χ0) is 20.5. The number of carbonyl (C=O) groups is 1. The standard InChI is InChI=1S/C20H19F3N2O2S/c1-12-17(14-5-3-6-15(11-14)27-20(21,22)23)18(19(24)26)13(2)25(12)9-8-16-7-4-10-28-16/h3-7,10-11H,8-9H2,1-2H3,(H2,24,26). The number of hydrogen-bond acceptors (Lipinski definition) is 3. The molecule has 2 aromatic heterocycles. The number of thiophene rings is 1. The highest BCUT2D eigenvalue weighted by atomic mass is 32.1. The van der Waals surface area contributed by atoms with Crippen LogP contribution >= 0.6 is 11.3 Å². The predicted molar refractivity (Wildman–Crippen MR) is 103 cm³/mol. The third kappa shape index (κ3) is 4.22. The molecule has 0 fully saturated rings. The lowest BCUT2D eigenvalue weighted by atomic mass is 10.00. The monoisotopic (exact) mass is 408 g/mol. The minimum Gasteiger partial charge on any atom is -0.406 e. The number of carbonyl (C=O) groups excluding carboxylic acids is 1. The zero-order valence-electron chi connectivity index (χ0n) is 15.3. The second-order valence-electron chi connectivity index (χ2n) is 6.34. The Morgan fingerprint density at radius 3 is 2.54 bits per heavy atom. The average Bonchev–Trinajstić information content (AvgIpc) is 3.18. The first-order valence-electron chi connectivity index (χ1n) is 8.55. The van der Waals surface area contributed by atoms with E-state index in [2.05, 4.69) is 4.74 Å². The molecule has 148 valence electrons. The fourth-order valence-electron chi connectivity index (χ4n) is 3.40. The molecular formula is C20H19F3N2O2S. The summed E-state index contributed by atoms with van der Waals surface area (Å²) < 4.78 is 43.7. The number of benzene rings is 1. The molecule has 8 heteroatoms. The van der Waals surface area contributed by atoms with Crippen molar-refractivity contribution in [3.63, 3.8) is 0 Å². The molecule has 0 bridgehead atoms. The van der Waals surface area contributed by atoms with Gasteiger partial charge >= 0.3 is 6.36 Å². The van der Waals surface area contributed by atoms with Crippen LogP contribution in [0.1, 0.15) is 26.6 Å². The summed E-state index contributed by atoms with van der Waals surface area (Å²) in [6.45, 7) is 4.26.